The van der Waals surface area contributed by atoms with Crippen molar-refractivity contribution in [2.24, 2.45) is 0 Å². The molecule has 3 rings (SSSR count). The summed E-state index contributed by atoms with van der Waals surface area (Å²) in [5.41, 5.74) is 0. The summed E-state index contributed by atoms with van der Waals surface area (Å²) in [6.07, 6.45) is 0.837. The molecule has 1 aliphatic rings. The fourth-order valence-electron chi connectivity index (χ4n) is 2.54. The first kappa shape index (κ1) is 13.9. The van der Waals surface area contributed by atoms with Crippen LogP contribution in [0, 0.1) is 0 Å². The summed E-state index contributed by atoms with van der Waals surface area (Å²) in [6.45, 7) is 7.81. The summed E-state index contributed by atoms with van der Waals surface area (Å²) in [5, 5.41) is 3.19. The number of anilines is 1. The minimum Gasteiger partial charge on any atom is -0.354 e. The zero-order chi connectivity index (χ0) is 14.3. The molecule has 1 atom stereocenters. The molecular formula is C14H19N3OS2. The van der Waals surface area contributed by atoms with Crippen LogP contribution in [0.25, 0.3) is 10.2 Å². The van der Waals surface area contributed by atoms with Gasteiger partial charge < -0.3 is 4.90 Å². The van der Waals surface area contributed by atoms with Crippen LogP contribution in [0.1, 0.15) is 26.6 Å². The van der Waals surface area contributed by atoms with E-state index in [-0.39, 0.29) is 4.75 Å². The highest BCUT2D eigenvalue weighted by Gasteiger charge is 2.34. The van der Waals surface area contributed by atoms with Crippen LogP contribution in [0.3, 0.4) is 0 Å². The molecule has 1 aliphatic heterocycles. The first-order valence-corrected chi connectivity index (χ1v) is 9.08. The van der Waals surface area contributed by atoms with Gasteiger partial charge in [0, 0.05) is 36.1 Å². The zero-order valence-electron chi connectivity index (χ0n) is 12.0. The number of thiophene rings is 1. The maximum absolute atomic E-state index is 12.1. The van der Waals surface area contributed by atoms with E-state index in [0.717, 1.165) is 41.4 Å². The van der Waals surface area contributed by atoms with Crippen molar-refractivity contribution in [2.45, 2.75) is 31.9 Å². The average molecular weight is 309 g/mol. The molecule has 0 amide bonds. The number of aromatic nitrogens is 2. The van der Waals surface area contributed by atoms with Gasteiger partial charge in [0.1, 0.15) is 16.5 Å². The van der Waals surface area contributed by atoms with E-state index in [1.54, 1.807) is 11.3 Å². The molecule has 3 heterocycles. The zero-order valence-corrected chi connectivity index (χ0v) is 13.7. The second-order valence-corrected chi connectivity index (χ2v) is 8.79. The van der Waals surface area contributed by atoms with Crippen molar-refractivity contribution in [3.63, 3.8) is 0 Å². The molecule has 4 nitrogen and oxygen atoms in total. The van der Waals surface area contributed by atoms with Gasteiger partial charge in [-0.2, -0.15) is 0 Å². The Morgan fingerprint density at radius 1 is 1.45 bits per heavy atom. The van der Waals surface area contributed by atoms with E-state index < -0.39 is 10.8 Å². The van der Waals surface area contributed by atoms with E-state index >= 15 is 0 Å². The average Bonchev–Trinajstić information content (AvgIpc) is 2.88. The van der Waals surface area contributed by atoms with Crippen molar-refractivity contribution in [3.8, 4) is 0 Å². The van der Waals surface area contributed by atoms with E-state index in [1.807, 2.05) is 0 Å². The molecule has 1 unspecified atom stereocenters. The van der Waals surface area contributed by atoms with Crippen molar-refractivity contribution in [2.75, 3.05) is 23.7 Å². The van der Waals surface area contributed by atoms with Gasteiger partial charge in [0.25, 0.3) is 0 Å². The maximum atomic E-state index is 12.1. The van der Waals surface area contributed by atoms with Crippen molar-refractivity contribution in [1.82, 2.24) is 9.97 Å². The topological polar surface area (TPSA) is 46.1 Å². The molecule has 0 N–H and O–H groups in total. The molecule has 1 saturated heterocycles. The Bertz CT molecular complexity index is 665. The third-order valence-electron chi connectivity index (χ3n) is 3.70. The summed E-state index contributed by atoms with van der Waals surface area (Å²) in [5.74, 6) is 2.61. The fourth-order valence-corrected chi connectivity index (χ4v) is 4.56. The van der Waals surface area contributed by atoms with Crippen LogP contribution < -0.4 is 4.90 Å². The van der Waals surface area contributed by atoms with Gasteiger partial charge in [-0.3, -0.25) is 4.21 Å². The number of rotatable bonds is 2. The molecule has 108 valence electrons. The van der Waals surface area contributed by atoms with E-state index in [1.165, 1.54) is 0 Å². The Balaban J connectivity index is 2.05. The molecule has 1 fully saturated rings. The normalized spacial score (nSPS) is 22.4. The van der Waals surface area contributed by atoms with Crippen LogP contribution in [0.5, 0.6) is 0 Å². The summed E-state index contributed by atoms with van der Waals surface area (Å²) in [4.78, 5) is 12.6. The Kier molecular flexibility index (Phi) is 3.54. The lowest BCUT2D eigenvalue weighted by Gasteiger charge is -2.38. The van der Waals surface area contributed by atoms with E-state index in [2.05, 4.69) is 42.1 Å². The van der Waals surface area contributed by atoms with Gasteiger partial charge in [-0.15, -0.1) is 11.3 Å². The molecule has 6 heteroatoms. The third-order valence-corrected chi connectivity index (χ3v) is 6.42. The highest BCUT2D eigenvalue weighted by atomic mass is 32.2. The number of nitrogens with zero attached hydrogens (tertiary/aromatic N) is 3. The molecule has 20 heavy (non-hydrogen) atoms. The van der Waals surface area contributed by atoms with Gasteiger partial charge in [-0.05, 0) is 25.3 Å². The van der Waals surface area contributed by atoms with Gasteiger partial charge >= 0.3 is 0 Å². The molecule has 0 spiro atoms. The van der Waals surface area contributed by atoms with E-state index in [0.29, 0.717) is 5.75 Å². The highest BCUT2D eigenvalue weighted by Crippen LogP contribution is 2.31. The van der Waals surface area contributed by atoms with Crippen molar-refractivity contribution in [3.05, 3.63) is 17.3 Å². The van der Waals surface area contributed by atoms with Crippen LogP contribution in [0.15, 0.2) is 11.4 Å². The smallest absolute Gasteiger partial charge is 0.141 e. The molecule has 2 aromatic heterocycles. The molecule has 0 aliphatic carbocycles. The van der Waals surface area contributed by atoms with Gasteiger partial charge in [-0.1, -0.05) is 6.92 Å². The maximum Gasteiger partial charge on any atom is 0.141 e. The lowest BCUT2D eigenvalue weighted by molar-refractivity contribution is 0.587. The predicted molar refractivity (Wildman–Crippen MR) is 86.1 cm³/mol. The summed E-state index contributed by atoms with van der Waals surface area (Å²) < 4.78 is 11.9. The minimum absolute atomic E-state index is 0.183. The van der Waals surface area contributed by atoms with E-state index in [9.17, 15) is 4.21 Å². The van der Waals surface area contributed by atoms with Gasteiger partial charge in [-0.25, -0.2) is 9.97 Å². The largest absolute Gasteiger partial charge is 0.354 e. The molecular weight excluding hydrogens is 290 g/mol. The van der Waals surface area contributed by atoms with Gasteiger partial charge in [0.15, 0.2) is 0 Å². The highest BCUT2D eigenvalue weighted by molar-refractivity contribution is 7.86. The number of aryl methyl sites for hydroxylation is 1. The Morgan fingerprint density at radius 2 is 2.25 bits per heavy atom. The van der Waals surface area contributed by atoms with Crippen molar-refractivity contribution in [1.29, 1.82) is 0 Å². The number of fused-ring (bicyclic) bond motifs is 1. The van der Waals surface area contributed by atoms with Crippen LogP contribution in [-0.4, -0.2) is 37.8 Å². The molecule has 0 radical (unpaired) electrons. The monoisotopic (exact) mass is 309 g/mol. The lowest BCUT2D eigenvalue weighted by Crippen LogP contribution is -2.50. The number of hydrogen-bond acceptors (Lipinski definition) is 5. The van der Waals surface area contributed by atoms with Crippen LogP contribution in [0.4, 0.5) is 5.82 Å². The standard InChI is InChI=1S/C14H19N3OS2/c1-4-11-15-12(10-5-7-19-13(10)16-11)17-6-8-20(18)14(2,3)9-17/h5,7H,4,6,8-9H2,1-3H3. The second kappa shape index (κ2) is 5.07. The Morgan fingerprint density at radius 3 is 2.95 bits per heavy atom. The van der Waals surface area contributed by atoms with Gasteiger partial charge in [0.2, 0.25) is 0 Å². The van der Waals surface area contributed by atoms with Crippen LogP contribution in [-0.2, 0) is 17.2 Å². The quantitative estimate of drug-likeness (QED) is 0.855. The fraction of sp³-hybridized carbons (Fsp3) is 0.571. The Hall–Kier alpha value is -1.01. The lowest BCUT2D eigenvalue weighted by atomic mass is 10.1. The predicted octanol–water partition coefficient (Wildman–Crippen LogP) is 2.60. The van der Waals surface area contributed by atoms with Crippen LogP contribution >= 0.6 is 11.3 Å². The summed E-state index contributed by atoms with van der Waals surface area (Å²) in [7, 11) is -0.759. The molecule has 2 aromatic rings. The van der Waals surface area contributed by atoms with Crippen molar-refractivity contribution < 1.29 is 4.21 Å². The second-order valence-electron chi connectivity index (χ2n) is 5.69. The summed E-state index contributed by atoms with van der Waals surface area (Å²) in [6, 6.07) is 2.09. The first-order valence-electron chi connectivity index (χ1n) is 6.89. The first-order chi connectivity index (χ1) is 9.51. The van der Waals surface area contributed by atoms with Crippen molar-refractivity contribution >= 4 is 38.2 Å². The van der Waals surface area contributed by atoms with Crippen LogP contribution in [0.2, 0.25) is 0 Å². The molecule has 0 aromatic carbocycles. The third kappa shape index (κ3) is 2.35. The molecule has 0 bridgehead atoms. The molecule has 0 saturated carbocycles. The summed E-state index contributed by atoms with van der Waals surface area (Å²) >= 11 is 1.66. The SMILES string of the molecule is CCc1nc(N2CCS(=O)C(C)(C)C2)c2ccsc2n1. The van der Waals surface area contributed by atoms with E-state index in [4.69, 9.17) is 4.98 Å². The number of hydrogen-bond donors (Lipinski definition) is 0. The van der Waals surface area contributed by atoms with Gasteiger partial charge in [0.05, 0.1) is 10.1 Å². The Labute approximate surface area is 125 Å². The minimum atomic E-state index is -0.759.